The molecule has 6 nitrogen and oxygen atoms in total. The number of halogens is 1. The Balaban J connectivity index is 1.85. The predicted molar refractivity (Wildman–Crippen MR) is 88.1 cm³/mol. The first-order valence-electron chi connectivity index (χ1n) is 7.40. The maximum Gasteiger partial charge on any atom is 0.407 e. The van der Waals surface area contributed by atoms with E-state index in [1.807, 2.05) is 20.8 Å². The molecule has 7 heteroatoms. The minimum absolute atomic E-state index is 0.103. The van der Waals surface area contributed by atoms with E-state index in [1.165, 1.54) is 6.20 Å². The minimum atomic E-state index is -0.484. The second-order valence-corrected chi connectivity index (χ2v) is 6.98. The van der Waals surface area contributed by atoms with E-state index in [1.54, 1.807) is 6.07 Å². The zero-order valence-corrected chi connectivity index (χ0v) is 13.9. The van der Waals surface area contributed by atoms with Crippen molar-refractivity contribution in [1.29, 1.82) is 0 Å². The molecule has 0 spiro atoms. The van der Waals surface area contributed by atoms with Crippen molar-refractivity contribution in [1.82, 2.24) is 10.3 Å². The lowest BCUT2D eigenvalue weighted by atomic mass is 10.2. The molecule has 22 heavy (non-hydrogen) atoms. The number of carbonyl (C=O) groups is 1. The highest BCUT2D eigenvalue weighted by Gasteiger charge is 2.28. The predicted octanol–water partition coefficient (Wildman–Crippen LogP) is 3.17. The van der Waals surface area contributed by atoms with Crippen molar-refractivity contribution in [2.45, 2.75) is 57.7 Å². The van der Waals surface area contributed by atoms with E-state index in [0.29, 0.717) is 10.8 Å². The molecule has 2 atom stereocenters. The van der Waals surface area contributed by atoms with Gasteiger partial charge in [0.2, 0.25) is 0 Å². The van der Waals surface area contributed by atoms with Crippen LogP contribution in [0.25, 0.3) is 0 Å². The third kappa shape index (κ3) is 4.94. The van der Waals surface area contributed by atoms with E-state index in [-0.39, 0.29) is 18.2 Å². The Bertz CT molecular complexity index is 545. The molecule has 1 aliphatic carbocycles. The summed E-state index contributed by atoms with van der Waals surface area (Å²) in [6, 6.07) is 2.05. The van der Waals surface area contributed by atoms with Crippen molar-refractivity contribution in [2.75, 3.05) is 11.1 Å². The summed E-state index contributed by atoms with van der Waals surface area (Å²) in [6.45, 7) is 5.55. The zero-order valence-electron chi connectivity index (χ0n) is 13.1. The number of carbonyl (C=O) groups excluding carboxylic acids is 1. The largest absolute Gasteiger partial charge is 0.444 e. The molecule has 1 amide bonds. The third-order valence-corrected chi connectivity index (χ3v) is 3.62. The molecule has 122 valence electrons. The molecule has 0 aromatic carbocycles. The van der Waals surface area contributed by atoms with Gasteiger partial charge in [-0.2, -0.15) is 0 Å². The number of pyridine rings is 1. The highest BCUT2D eigenvalue weighted by Crippen LogP contribution is 2.27. The van der Waals surface area contributed by atoms with E-state index >= 15 is 0 Å². The average molecular weight is 327 g/mol. The van der Waals surface area contributed by atoms with E-state index in [4.69, 9.17) is 22.1 Å². The van der Waals surface area contributed by atoms with Gasteiger partial charge in [-0.25, -0.2) is 9.78 Å². The molecule has 1 aromatic heterocycles. The van der Waals surface area contributed by atoms with E-state index < -0.39 is 5.60 Å². The van der Waals surface area contributed by atoms with Crippen LogP contribution in [-0.4, -0.2) is 28.8 Å². The lowest BCUT2D eigenvalue weighted by Gasteiger charge is -2.22. The Morgan fingerprint density at radius 2 is 2.09 bits per heavy atom. The van der Waals surface area contributed by atoms with Gasteiger partial charge < -0.3 is 21.1 Å². The highest BCUT2D eigenvalue weighted by molar-refractivity contribution is 6.29. The number of nitrogen functional groups attached to an aromatic ring is 1. The fourth-order valence-electron chi connectivity index (χ4n) is 2.50. The quantitative estimate of drug-likeness (QED) is 0.742. The van der Waals surface area contributed by atoms with Crippen LogP contribution in [0.15, 0.2) is 12.3 Å². The molecule has 4 N–H and O–H groups in total. The van der Waals surface area contributed by atoms with Crippen LogP contribution in [0.5, 0.6) is 0 Å². The summed E-state index contributed by atoms with van der Waals surface area (Å²) in [5.74, 6) is 0. The number of ether oxygens (including phenoxy) is 1. The molecule has 1 saturated carbocycles. The summed E-state index contributed by atoms with van der Waals surface area (Å²) < 4.78 is 5.27. The summed E-state index contributed by atoms with van der Waals surface area (Å²) in [4.78, 5) is 15.7. The van der Waals surface area contributed by atoms with Crippen LogP contribution in [0.4, 0.5) is 16.2 Å². The number of nitrogens with two attached hydrogens (primary N) is 1. The SMILES string of the molecule is CC(C)(C)OC(=O)N[C@@H]1CC[C@@H](Nc2cc(Cl)ncc2N)C1. The molecule has 1 aliphatic rings. The van der Waals surface area contributed by atoms with Crippen molar-refractivity contribution >= 4 is 29.1 Å². The number of nitrogens with one attached hydrogen (secondary N) is 2. The minimum Gasteiger partial charge on any atom is -0.444 e. The molecular weight excluding hydrogens is 304 g/mol. The summed E-state index contributed by atoms with van der Waals surface area (Å²) in [7, 11) is 0. The van der Waals surface area contributed by atoms with E-state index in [2.05, 4.69) is 15.6 Å². The number of aromatic nitrogens is 1. The normalized spacial score (nSPS) is 21.5. The summed E-state index contributed by atoms with van der Waals surface area (Å²) >= 11 is 5.88. The van der Waals surface area contributed by atoms with Crippen molar-refractivity contribution in [3.8, 4) is 0 Å². The van der Waals surface area contributed by atoms with Crippen molar-refractivity contribution in [2.24, 2.45) is 0 Å². The number of nitrogens with zero attached hydrogens (tertiary/aromatic N) is 1. The Labute approximate surface area is 135 Å². The maximum absolute atomic E-state index is 11.8. The lowest BCUT2D eigenvalue weighted by molar-refractivity contribution is 0.0505. The molecule has 2 rings (SSSR count). The number of amides is 1. The Hall–Kier alpha value is -1.69. The monoisotopic (exact) mass is 326 g/mol. The number of hydrogen-bond donors (Lipinski definition) is 3. The molecule has 0 aliphatic heterocycles. The van der Waals surface area contributed by atoms with Gasteiger partial charge in [0.1, 0.15) is 10.8 Å². The molecule has 0 radical (unpaired) electrons. The van der Waals surface area contributed by atoms with E-state index in [0.717, 1.165) is 24.9 Å². The molecular formula is C15H23ClN4O2. The third-order valence-electron chi connectivity index (χ3n) is 3.41. The fourth-order valence-corrected chi connectivity index (χ4v) is 2.66. The zero-order chi connectivity index (χ0) is 16.3. The van der Waals surface area contributed by atoms with Gasteiger partial charge in [0.15, 0.2) is 0 Å². The highest BCUT2D eigenvalue weighted by atomic mass is 35.5. The van der Waals surface area contributed by atoms with Crippen LogP contribution in [0, 0.1) is 0 Å². The fraction of sp³-hybridized carbons (Fsp3) is 0.600. The van der Waals surface area contributed by atoms with Gasteiger partial charge in [-0.1, -0.05) is 11.6 Å². The standard InChI is InChI=1S/C15H23ClN4O2/c1-15(2,3)22-14(21)20-10-5-4-9(6-10)19-12-7-13(16)18-8-11(12)17/h7-10H,4-6,17H2,1-3H3,(H,18,19)(H,20,21)/t9-,10-/m1/s1. The van der Waals surface area contributed by atoms with Crippen LogP contribution >= 0.6 is 11.6 Å². The van der Waals surface area contributed by atoms with Crippen molar-refractivity contribution < 1.29 is 9.53 Å². The van der Waals surface area contributed by atoms with Crippen LogP contribution < -0.4 is 16.4 Å². The second kappa shape index (κ2) is 6.60. The van der Waals surface area contributed by atoms with Gasteiger partial charge in [0.25, 0.3) is 0 Å². The molecule has 1 heterocycles. The number of rotatable bonds is 3. The first-order valence-corrected chi connectivity index (χ1v) is 7.78. The van der Waals surface area contributed by atoms with Crippen LogP contribution in [-0.2, 0) is 4.74 Å². The summed E-state index contributed by atoms with van der Waals surface area (Å²) in [5.41, 5.74) is 6.74. The number of hydrogen-bond acceptors (Lipinski definition) is 5. The Kier molecular flexibility index (Phi) is 5.01. The van der Waals surface area contributed by atoms with Crippen molar-refractivity contribution in [3.05, 3.63) is 17.4 Å². The van der Waals surface area contributed by atoms with Gasteiger partial charge in [-0.15, -0.1) is 0 Å². The first kappa shape index (κ1) is 16.7. The summed E-state index contributed by atoms with van der Waals surface area (Å²) in [6.07, 6.45) is 3.83. The Morgan fingerprint density at radius 3 is 2.77 bits per heavy atom. The van der Waals surface area contributed by atoms with Gasteiger partial charge in [-0.3, -0.25) is 0 Å². The summed E-state index contributed by atoms with van der Waals surface area (Å²) in [5, 5.41) is 6.67. The van der Waals surface area contributed by atoms with Gasteiger partial charge in [0, 0.05) is 18.2 Å². The molecule has 1 aromatic rings. The molecule has 1 fully saturated rings. The lowest BCUT2D eigenvalue weighted by Crippen LogP contribution is -2.38. The molecule has 0 unspecified atom stereocenters. The smallest absolute Gasteiger partial charge is 0.407 e. The van der Waals surface area contributed by atoms with E-state index in [9.17, 15) is 4.79 Å². The van der Waals surface area contributed by atoms with Gasteiger partial charge in [0.05, 0.1) is 17.6 Å². The number of alkyl carbamates (subject to hydrolysis) is 1. The topological polar surface area (TPSA) is 89.3 Å². The van der Waals surface area contributed by atoms with Crippen LogP contribution in [0.2, 0.25) is 5.15 Å². The Morgan fingerprint density at radius 1 is 1.41 bits per heavy atom. The second-order valence-electron chi connectivity index (χ2n) is 6.59. The maximum atomic E-state index is 11.8. The van der Waals surface area contributed by atoms with Crippen LogP contribution in [0.1, 0.15) is 40.0 Å². The number of anilines is 2. The van der Waals surface area contributed by atoms with Gasteiger partial charge in [-0.05, 0) is 40.0 Å². The van der Waals surface area contributed by atoms with Crippen LogP contribution in [0.3, 0.4) is 0 Å². The molecule has 0 saturated heterocycles. The first-order chi connectivity index (χ1) is 10.2. The molecule has 0 bridgehead atoms. The average Bonchev–Trinajstić information content (AvgIpc) is 2.78. The van der Waals surface area contributed by atoms with Crippen molar-refractivity contribution in [3.63, 3.8) is 0 Å². The van der Waals surface area contributed by atoms with Gasteiger partial charge >= 0.3 is 6.09 Å².